The largest absolute Gasteiger partial charge is 0.347 e. The van der Waals surface area contributed by atoms with Crippen molar-refractivity contribution in [3.05, 3.63) is 29.3 Å². The molecule has 8 heteroatoms. The average molecular weight is 422 g/mol. The third-order valence-electron chi connectivity index (χ3n) is 5.77. The molecule has 29 heavy (non-hydrogen) atoms. The van der Waals surface area contributed by atoms with E-state index < -0.39 is 0 Å². The predicted molar refractivity (Wildman–Crippen MR) is 112 cm³/mol. The van der Waals surface area contributed by atoms with Crippen molar-refractivity contribution >= 4 is 35.0 Å². The summed E-state index contributed by atoms with van der Waals surface area (Å²) in [6.45, 7) is 3.00. The Labute approximate surface area is 176 Å². The van der Waals surface area contributed by atoms with E-state index in [4.69, 9.17) is 11.6 Å². The number of piperazine rings is 1. The number of nitrogens with one attached hydrogen (secondary N) is 3. The van der Waals surface area contributed by atoms with Crippen molar-refractivity contribution in [1.82, 2.24) is 10.2 Å². The maximum atomic E-state index is 12.4. The van der Waals surface area contributed by atoms with E-state index in [0.717, 1.165) is 30.6 Å². The SMILES string of the molecule is O=C(C[NH+]1CCN(C(=O)CNC(=O)C2CCCCC2)CC1)Nc1ccccc1Cl. The molecule has 2 aliphatic rings. The third kappa shape index (κ3) is 6.44. The molecule has 0 radical (unpaired) electrons. The Morgan fingerprint density at radius 2 is 1.76 bits per heavy atom. The van der Waals surface area contributed by atoms with Crippen molar-refractivity contribution in [3.8, 4) is 0 Å². The van der Waals surface area contributed by atoms with Crippen LogP contribution >= 0.6 is 11.6 Å². The lowest BCUT2D eigenvalue weighted by molar-refractivity contribution is -0.895. The van der Waals surface area contributed by atoms with Gasteiger partial charge >= 0.3 is 0 Å². The number of para-hydroxylation sites is 1. The smallest absolute Gasteiger partial charge is 0.279 e. The second kappa shape index (κ2) is 10.6. The molecule has 1 aromatic carbocycles. The normalized spacial score (nSPS) is 18.3. The fraction of sp³-hybridized carbons (Fsp3) is 0.571. The first-order valence-corrected chi connectivity index (χ1v) is 10.8. The second-order valence-electron chi connectivity index (χ2n) is 7.89. The summed E-state index contributed by atoms with van der Waals surface area (Å²) in [5.41, 5.74) is 0.612. The van der Waals surface area contributed by atoms with Gasteiger partial charge < -0.3 is 20.4 Å². The van der Waals surface area contributed by atoms with Gasteiger partial charge in [0.1, 0.15) is 0 Å². The lowest BCUT2D eigenvalue weighted by Crippen LogP contribution is -3.15. The van der Waals surface area contributed by atoms with Gasteiger partial charge in [-0.3, -0.25) is 14.4 Å². The molecule has 1 aliphatic heterocycles. The van der Waals surface area contributed by atoms with E-state index in [9.17, 15) is 14.4 Å². The zero-order valence-electron chi connectivity index (χ0n) is 16.7. The fourth-order valence-corrected chi connectivity index (χ4v) is 4.20. The molecule has 7 nitrogen and oxygen atoms in total. The van der Waals surface area contributed by atoms with Crippen molar-refractivity contribution in [2.45, 2.75) is 32.1 Å². The topological polar surface area (TPSA) is 83.0 Å². The zero-order valence-corrected chi connectivity index (χ0v) is 17.5. The highest BCUT2D eigenvalue weighted by Gasteiger charge is 2.26. The zero-order chi connectivity index (χ0) is 20.6. The molecule has 158 valence electrons. The van der Waals surface area contributed by atoms with E-state index in [1.807, 2.05) is 12.1 Å². The molecule has 0 unspecified atom stereocenters. The van der Waals surface area contributed by atoms with Crippen molar-refractivity contribution in [1.29, 1.82) is 0 Å². The van der Waals surface area contributed by atoms with Gasteiger partial charge in [0.15, 0.2) is 6.54 Å². The van der Waals surface area contributed by atoms with Crippen molar-refractivity contribution in [2.75, 3.05) is 44.6 Å². The van der Waals surface area contributed by atoms with E-state index in [2.05, 4.69) is 10.6 Å². The van der Waals surface area contributed by atoms with Gasteiger partial charge in [-0.15, -0.1) is 0 Å². The predicted octanol–water partition coefficient (Wildman–Crippen LogP) is 0.702. The molecule has 1 saturated carbocycles. The molecular weight excluding hydrogens is 392 g/mol. The average Bonchev–Trinajstić information content (AvgIpc) is 2.74. The van der Waals surface area contributed by atoms with Crippen LogP contribution in [0.2, 0.25) is 5.02 Å². The van der Waals surface area contributed by atoms with Gasteiger partial charge in [0.2, 0.25) is 11.8 Å². The summed E-state index contributed by atoms with van der Waals surface area (Å²) in [7, 11) is 0. The lowest BCUT2D eigenvalue weighted by Gasteiger charge is -2.32. The van der Waals surface area contributed by atoms with Gasteiger partial charge in [-0.2, -0.15) is 0 Å². The van der Waals surface area contributed by atoms with Gasteiger partial charge in [-0.05, 0) is 25.0 Å². The van der Waals surface area contributed by atoms with Crippen LogP contribution in [0.3, 0.4) is 0 Å². The summed E-state index contributed by atoms with van der Waals surface area (Å²) in [5.74, 6) is -0.0608. The number of carbonyl (C=O) groups excluding carboxylic acids is 3. The summed E-state index contributed by atoms with van der Waals surface area (Å²) in [5, 5.41) is 6.16. The Bertz CT molecular complexity index is 728. The Hall–Kier alpha value is -2.12. The highest BCUT2D eigenvalue weighted by molar-refractivity contribution is 6.33. The summed E-state index contributed by atoms with van der Waals surface area (Å²) in [6, 6.07) is 7.15. The number of anilines is 1. The molecule has 3 amide bonds. The quantitative estimate of drug-likeness (QED) is 0.632. The number of nitrogens with zero attached hydrogens (tertiary/aromatic N) is 1. The van der Waals surface area contributed by atoms with Gasteiger partial charge in [-0.1, -0.05) is 43.0 Å². The van der Waals surface area contributed by atoms with Gasteiger partial charge in [0, 0.05) is 5.92 Å². The first-order chi connectivity index (χ1) is 14.0. The number of hydrogen-bond donors (Lipinski definition) is 3. The number of amides is 3. The maximum Gasteiger partial charge on any atom is 0.279 e. The monoisotopic (exact) mass is 421 g/mol. The summed E-state index contributed by atoms with van der Waals surface area (Å²) in [4.78, 5) is 39.8. The second-order valence-corrected chi connectivity index (χ2v) is 8.30. The number of rotatable bonds is 6. The maximum absolute atomic E-state index is 12.4. The van der Waals surface area contributed by atoms with Crippen LogP contribution in [0.15, 0.2) is 24.3 Å². The minimum Gasteiger partial charge on any atom is -0.347 e. The minimum atomic E-state index is -0.0902. The molecule has 1 saturated heterocycles. The molecule has 0 aromatic heterocycles. The van der Waals surface area contributed by atoms with Crippen molar-refractivity contribution in [3.63, 3.8) is 0 Å². The van der Waals surface area contributed by atoms with E-state index in [1.165, 1.54) is 6.42 Å². The molecule has 0 spiro atoms. The molecule has 1 aromatic rings. The number of quaternary nitrogens is 1. The van der Waals surface area contributed by atoms with Crippen LogP contribution in [0.1, 0.15) is 32.1 Å². The molecule has 1 heterocycles. The first-order valence-electron chi connectivity index (χ1n) is 10.5. The summed E-state index contributed by atoms with van der Waals surface area (Å²) < 4.78 is 0. The lowest BCUT2D eigenvalue weighted by atomic mass is 9.89. The van der Waals surface area contributed by atoms with Gasteiger partial charge in [0.25, 0.3) is 5.91 Å². The number of benzene rings is 1. The van der Waals surface area contributed by atoms with Crippen molar-refractivity contribution < 1.29 is 19.3 Å². The Morgan fingerprint density at radius 3 is 2.45 bits per heavy atom. The highest BCUT2D eigenvalue weighted by Crippen LogP contribution is 2.23. The van der Waals surface area contributed by atoms with Gasteiger partial charge in [0.05, 0.1) is 43.4 Å². The minimum absolute atomic E-state index is 0.0126. The molecule has 1 aliphatic carbocycles. The van der Waals surface area contributed by atoms with Crippen molar-refractivity contribution in [2.24, 2.45) is 5.92 Å². The van der Waals surface area contributed by atoms with E-state index in [-0.39, 0.29) is 30.2 Å². The van der Waals surface area contributed by atoms with E-state index in [1.54, 1.807) is 17.0 Å². The number of hydrogen-bond acceptors (Lipinski definition) is 3. The van der Waals surface area contributed by atoms with Gasteiger partial charge in [-0.25, -0.2) is 0 Å². The van der Waals surface area contributed by atoms with Crippen LogP contribution < -0.4 is 15.5 Å². The highest BCUT2D eigenvalue weighted by atomic mass is 35.5. The summed E-state index contributed by atoms with van der Waals surface area (Å²) >= 11 is 6.07. The van der Waals surface area contributed by atoms with Crippen LogP contribution in [0.5, 0.6) is 0 Å². The standard InChI is InChI=1S/C21H29ClN4O3/c22-17-8-4-5-9-18(17)24-19(27)15-25-10-12-26(13-11-25)20(28)14-23-21(29)16-6-2-1-3-7-16/h4-5,8-9,16H,1-3,6-7,10-15H2,(H,23,29)(H,24,27)/p+1. The van der Waals surface area contributed by atoms with Crippen LogP contribution in [0.4, 0.5) is 5.69 Å². The molecular formula is C21H30ClN4O3+. The summed E-state index contributed by atoms with van der Waals surface area (Å²) in [6.07, 6.45) is 5.25. The number of carbonyl (C=O) groups is 3. The Morgan fingerprint density at radius 1 is 1.07 bits per heavy atom. The van der Waals surface area contributed by atoms with Crippen LogP contribution in [-0.2, 0) is 14.4 Å². The Balaban J connectivity index is 1.36. The molecule has 2 fully saturated rings. The molecule has 0 bridgehead atoms. The Kier molecular flexibility index (Phi) is 7.89. The van der Waals surface area contributed by atoms with Crippen LogP contribution in [-0.4, -0.2) is 61.9 Å². The van der Waals surface area contributed by atoms with Crippen LogP contribution in [0, 0.1) is 5.92 Å². The molecule has 0 atom stereocenters. The van der Waals surface area contributed by atoms with E-state index >= 15 is 0 Å². The van der Waals surface area contributed by atoms with Crippen LogP contribution in [0.25, 0.3) is 0 Å². The van der Waals surface area contributed by atoms with E-state index in [0.29, 0.717) is 43.4 Å². The third-order valence-corrected chi connectivity index (χ3v) is 6.10. The first kappa shape index (κ1) is 21.6. The molecule has 3 N–H and O–H groups in total. The fourth-order valence-electron chi connectivity index (χ4n) is 4.02. The molecule has 3 rings (SSSR count). The number of halogens is 1.